The number of ether oxygens (including phenoxy) is 1. The van der Waals surface area contributed by atoms with E-state index in [0.717, 1.165) is 19.6 Å². The van der Waals surface area contributed by atoms with Crippen molar-refractivity contribution < 1.29 is 4.74 Å². The molecule has 0 N–H and O–H groups in total. The van der Waals surface area contributed by atoms with Gasteiger partial charge >= 0.3 is 0 Å². The van der Waals surface area contributed by atoms with Crippen molar-refractivity contribution >= 4 is 0 Å². The Bertz CT molecular complexity index is 246. The van der Waals surface area contributed by atoms with Gasteiger partial charge in [0.2, 0.25) is 0 Å². The third-order valence-electron chi connectivity index (χ3n) is 2.88. The van der Waals surface area contributed by atoms with Crippen LogP contribution in [-0.2, 0) is 4.74 Å². The van der Waals surface area contributed by atoms with Crippen molar-refractivity contribution in [3.63, 3.8) is 0 Å². The van der Waals surface area contributed by atoms with Crippen molar-refractivity contribution in [1.82, 2.24) is 4.90 Å². The summed E-state index contributed by atoms with van der Waals surface area (Å²) in [5.41, 5.74) is 0.249. The zero-order valence-corrected chi connectivity index (χ0v) is 6.36. The van der Waals surface area contributed by atoms with Gasteiger partial charge in [-0.3, -0.25) is 0 Å². The second-order valence-electron chi connectivity index (χ2n) is 3.55. The summed E-state index contributed by atoms with van der Waals surface area (Å²) in [6.45, 7) is 1.94. The first-order valence-corrected chi connectivity index (χ1v) is 4.13. The quantitative estimate of drug-likeness (QED) is 0.475. The average molecular weight is 149 g/mol. The van der Waals surface area contributed by atoms with E-state index >= 15 is 0 Å². The van der Waals surface area contributed by atoms with Crippen molar-refractivity contribution in [2.75, 3.05) is 13.2 Å². The molecule has 0 aliphatic carbocycles. The van der Waals surface area contributed by atoms with Gasteiger partial charge in [-0.25, -0.2) is 0 Å². The summed E-state index contributed by atoms with van der Waals surface area (Å²) in [5.74, 6) is 0. The molecule has 2 bridgehead atoms. The van der Waals surface area contributed by atoms with Gasteiger partial charge in [-0.2, -0.15) is 0 Å². The highest BCUT2D eigenvalue weighted by molar-refractivity contribution is 5.25. The Morgan fingerprint density at radius 2 is 2.55 bits per heavy atom. The SMILES string of the molecule is C1=CC23COC(C=CN2C1)C3. The molecule has 0 aromatic carbocycles. The first-order valence-electron chi connectivity index (χ1n) is 4.13. The second-order valence-corrected chi connectivity index (χ2v) is 3.55. The second kappa shape index (κ2) is 1.69. The topological polar surface area (TPSA) is 12.5 Å². The van der Waals surface area contributed by atoms with Crippen molar-refractivity contribution in [3.05, 3.63) is 24.4 Å². The molecule has 0 saturated carbocycles. The van der Waals surface area contributed by atoms with Crippen LogP contribution in [0.25, 0.3) is 0 Å². The molecule has 3 aliphatic rings. The highest BCUT2D eigenvalue weighted by Gasteiger charge is 2.45. The maximum absolute atomic E-state index is 5.60. The monoisotopic (exact) mass is 149 g/mol. The summed E-state index contributed by atoms with van der Waals surface area (Å²) in [6, 6.07) is 0. The van der Waals surface area contributed by atoms with E-state index in [1.807, 2.05) is 0 Å². The number of rotatable bonds is 0. The Morgan fingerprint density at radius 1 is 1.55 bits per heavy atom. The van der Waals surface area contributed by atoms with Gasteiger partial charge in [-0.15, -0.1) is 0 Å². The van der Waals surface area contributed by atoms with Gasteiger partial charge in [0.1, 0.15) is 0 Å². The summed E-state index contributed by atoms with van der Waals surface area (Å²) in [6.07, 6.45) is 10.4. The van der Waals surface area contributed by atoms with Gasteiger partial charge in [-0.05, 0) is 12.3 Å². The molecular weight excluding hydrogens is 138 g/mol. The van der Waals surface area contributed by atoms with E-state index in [-0.39, 0.29) is 5.54 Å². The summed E-state index contributed by atoms with van der Waals surface area (Å²) in [4.78, 5) is 2.37. The largest absolute Gasteiger partial charge is 0.371 e. The number of hydrogen-bond donors (Lipinski definition) is 0. The molecule has 0 aromatic heterocycles. The van der Waals surface area contributed by atoms with Crippen molar-refractivity contribution in [2.24, 2.45) is 0 Å². The standard InChI is InChI=1S/C9H11NO/c1-3-9-6-8(11-7-9)2-5-10(9)4-1/h1-3,5,8H,4,6-7H2. The fraction of sp³-hybridized carbons (Fsp3) is 0.556. The fourth-order valence-electron chi connectivity index (χ4n) is 2.23. The lowest BCUT2D eigenvalue weighted by molar-refractivity contribution is 0.131. The predicted molar refractivity (Wildman–Crippen MR) is 42.1 cm³/mol. The van der Waals surface area contributed by atoms with Crippen LogP contribution in [0.3, 0.4) is 0 Å². The van der Waals surface area contributed by atoms with Gasteiger partial charge in [-0.1, -0.05) is 12.2 Å². The highest BCUT2D eigenvalue weighted by atomic mass is 16.5. The van der Waals surface area contributed by atoms with Crippen LogP contribution in [0.15, 0.2) is 24.4 Å². The molecule has 0 radical (unpaired) electrons. The van der Waals surface area contributed by atoms with Crippen LogP contribution in [0.5, 0.6) is 0 Å². The Hall–Kier alpha value is -0.760. The molecule has 3 aliphatic heterocycles. The van der Waals surface area contributed by atoms with Crippen molar-refractivity contribution in [2.45, 2.75) is 18.1 Å². The minimum Gasteiger partial charge on any atom is -0.371 e. The van der Waals surface area contributed by atoms with E-state index in [2.05, 4.69) is 29.3 Å². The van der Waals surface area contributed by atoms with Crippen LogP contribution < -0.4 is 0 Å². The Kier molecular flexibility index (Phi) is 0.899. The Morgan fingerprint density at radius 3 is 3.55 bits per heavy atom. The molecule has 2 nitrogen and oxygen atoms in total. The molecule has 3 heterocycles. The number of fused-ring (bicyclic) bond motifs is 1. The molecule has 0 amide bonds. The molecule has 2 heteroatoms. The first-order chi connectivity index (χ1) is 5.39. The molecule has 1 fully saturated rings. The summed E-state index contributed by atoms with van der Waals surface area (Å²) in [5, 5.41) is 0. The molecule has 58 valence electrons. The number of nitrogens with zero attached hydrogens (tertiary/aromatic N) is 1. The average Bonchev–Trinajstić information content (AvgIpc) is 2.58. The lowest BCUT2D eigenvalue weighted by Gasteiger charge is -2.34. The third kappa shape index (κ3) is 0.607. The zero-order valence-electron chi connectivity index (χ0n) is 6.36. The van der Waals surface area contributed by atoms with Gasteiger partial charge < -0.3 is 9.64 Å². The maximum atomic E-state index is 5.60. The molecule has 2 unspecified atom stereocenters. The highest BCUT2D eigenvalue weighted by Crippen LogP contribution is 2.38. The summed E-state index contributed by atoms with van der Waals surface area (Å²) in [7, 11) is 0. The molecule has 3 rings (SSSR count). The van der Waals surface area contributed by atoms with E-state index < -0.39 is 0 Å². The van der Waals surface area contributed by atoms with Crippen molar-refractivity contribution in [1.29, 1.82) is 0 Å². The van der Waals surface area contributed by atoms with Gasteiger partial charge in [0.25, 0.3) is 0 Å². The molecule has 11 heavy (non-hydrogen) atoms. The van der Waals surface area contributed by atoms with Crippen LogP contribution in [0, 0.1) is 0 Å². The maximum Gasteiger partial charge on any atom is 0.0844 e. The number of hydrogen-bond acceptors (Lipinski definition) is 2. The minimum atomic E-state index is 0.249. The lowest BCUT2D eigenvalue weighted by atomic mass is 9.94. The van der Waals surface area contributed by atoms with Crippen LogP contribution in [0.1, 0.15) is 6.42 Å². The van der Waals surface area contributed by atoms with E-state index in [1.54, 1.807) is 0 Å². The molecular formula is C9H11NO. The predicted octanol–water partition coefficient (Wildman–Crippen LogP) is 0.913. The molecule has 0 aromatic rings. The van der Waals surface area contributed by atoms with Gasteiger partial charge in [0.05, 0.1) is 18.2 Å². The van der Waals surface area contributed by atoms with Crippen LogP contribution in [0.4, 0.5) is 0 Å². The van der Waals surface area contributed by atoms with E-state index in [9.17, 15) is 0 Å². The van der Waals surface area contributed by atoms with Gasteiger partial charge in [0.15, 0.2) is 0 Å². The summed E-state index contributed by atoms with van der Waals surface area (Å²) < 4.78 is 5.60. The molecule has 2 atom stereocenters. The Balaban J connectivity index is 2.08. The van der Waals surface area contributed by atoms with Crippen LogP contribution in [-0.4, -0.2) is 29.7 Å². The molecule has 1 spiro atoms. The van der Waals surface area contributed by atoms with E-state index in [0.29, 0.717) is 6.10 Å². The van der Waals surface area contributed by atoms with Crippen LogP contribution >= 0.6 is 0 Å². The smallest absolute Gasteiger partial charge is 0.0844 e. The van der Waals surface area contributed by atoms with Crippen molar-refractivity contribution in [3.8, 4) is 0 Å². The van der Waals surface area contributed by atoms with Gasteiger partial charge in [0, 0.05) is 13.0 Å². The lowest BCUT2D eigenvalue weighted by Crippen LogP contribution is -2.42. The fourth-order valence-corrected chi connectivity index (χ4v) is 2.23. The first kappa shape index (κ1) is 5.84. The van der Waals surface area contributed by atoms with Crippen LogP contribution in [0.2, 0.25) is 0 Å². The van der Waals surface area contributed by atoms with E-state index in [1.165, 1.54) is 0 Å². The summed E-state index contributed by atoms with van der Waals surface area (Å²) >= 11 is 0. The third-order valence-corrected chi connectivity index (χ3v) is 2.88. The van der Waals surface area contributed by atoms with E-state index in [4.69, 9.17) is 4.74 Å². The molecule has 1 saturated heterocycles. The zero-order chi connectivity index (χ0) is 7.31. The normalized spacial score (nSPS) is 45.1. The minimum absolute atomic E-state index is 0.249. The Labute approximate surface area is 66.1 Å².